The zero-order chi connectivity index (χ0) is 34.0. The number of hydrogen-bond donors (Lipinski definition) is 2. The molecule has 2 aliphatic rings. The smallest absolute Gasteiger partial charge is 0.232 e. The fraction of sp³-hybridized carbons (Fsp3) is 0.455. The zero-order valence-corrected chi connectivity index (χ0v) is 29.2. The molecule has 2 fully saturated rings. The van der Waals surface area contributed by atoms with Crippen LogP contribution in [-0.2, 0) is 10.0 Å². The predicted molar refractivity (Wildman–Crippen MR) is 190 cm³/mol. The Balaban J connectivity index is 1.24. The van der Waals surface area contributed by atoms with Crippen LogP contribution in [0.4, 0.5) is 34.5 Å². The Hall–Kier alpha value is -4.47. The number of piperazine rings is 1. The van der Waals surface area contributed by atoms with Gasteiger partial charge in [-0.05, 0) is 50.6 Å². The predicted octanol–water partition coefficient (Wildman–Crippen LogP) is 3.84. The van der Waals surface area contributed by atoms with Gasteiger partial charge in [0.2, 0.25) is 16.0 Å². The topological polar surface area (TPSA) is 141 Å². The summed E-state index contributed by atoms with van der Waals surface area (Å²) in [6.07, 6.45) is 8.06. The average molecular weight is 677 g/mol. The van der Waals surface area contributed by atoms with E-state index in [1.807, 2.05) is 0 Å². The van der Waals surface area contributed by atoms with E-state index in [0.29, 0.717) is 51.7 Å². The van der Waals surface area contributed by atoms with Crippen molar-refractivity contribution in [2.75, 3.05) is 93.7 Å². The first kappa shape index (κ1) is 33.4. The van der Waals surface area contributed by atoms with Crippen LogP contribution in [0.25, 0.3) is 11.0 Å². The molecule has 0 atom stereocenters. The van der Waals surface area contributed by atoms with Gasteiger partial charge in [0.1, 0.15) is 17.0 Å². The lowest BCUT2D eigenvalue weighted by Gasteiger charge is -2.43. The number of benzene rings is 2. The molecule has 4 heterocycles. The van der Waals surface area contributed by atoms with Crippen LogP contribution in [-0.4, -0.2) is 118 Å². The summed E-state index contributed by atoms with van der Waals surface area (Å²) in [5.41, 5.74) is 4.76. The lowest BCUT2D eigenvalue weighted by Crippen LogP contribution is -2.52. The Kier molecular flexibility index (Phi) is 9.71. The second-order valence-corrected chi connectivity index (χ2v) is 14.4. The minimum Gasteiger partial charge on any atom is -0.494 e. The Labute approximate surface area is 282 Å². The molecule has 0 unspecified atom stereocenters. The zero-order valence-electron chi connectivity index (χ0n) is 28.4. The number of likely N-dealkylation sites (N-methyl/N-ethyl adjacent to an activating group) is 1. The second-order valence-electron chi connectivity index (χ2n) is 12.4. The van der Waals surface area contributed by atoms with Crippen molar-refractivity contribution in [3.63, 3.8) is 0 Å². The average Bonchev–Trinajstić information content (AvgIpc) is 3.08. The van der Waals surface area contributed by atoms with Crippen LogP contribution in [0.3, 0.4) is 0 Å². The van der Waals surface area contributed by atoms with E-state index >= 15 is 0 Å². The number of piperidine rings is 1. The molecule has 2 N–H and O–H groups in total. The van der Waals surface area contributed by atoms with Gasteiger partial charge in [-0.1, -0.05) is 0 Å². The molecule has 4 aromatic rings. The van der Waals surface area contributed by atoms with Crippen LogP contribution in [0.1, 0.15) is 18.4 Å². The Morgan fingerprint density at radius 1 is 0.896 bits per heavy atom. The number of sulfonamides is 1. The number of aryl methyl sites for hydroxylation is 1. The maximum absolute atomic E-state index is 12.6. The van der Waals surface area contributed by atoms with Crippen molar-refractivity contribution < 1.29 is 17.9 Å². The summed E-state index contributed by atoms with van der Waals surface area (Å²) >= 11 is 0. The summed E-state index contributed by atoms with van der Waals surface area (Å²) in [6.45, 7) is 8.68. The number of methoxy groups -OCH3 is 2. The van der Waals surface area contributed by atoms with Crippen LogP contribution in [0.5, 0.6) is 11.5 Å². The van der Waals surface area contributed by atoms with Crippen molar-refractivity contribution in [1.82, 2.24) is 29.7 Å². The van der Waals surface area contributed by atoms with Gasteiger partial charge < -0.3 is 29.9 Å². The maximum atomic E-state index is 12.6. The van der Waals surface area contributed by atoms with E-state index in [2.05, 4.69) is 66.4 Å². The second kappa shape index (κ2) is 13.9. The van der Waals surface area contributed by atoms with Crippen molar-refractivity contribution in [2.24, 2.45) is 0 Å². The van der Waals surface area contributed by atoms with Gasteiger partial charge in [-0.15, -0.1) is 0 Å². The summed E-state index contributed by atoms with van der Waals surface area (Å²) < 4.78 is 37.8. The Morgan fingerprint density at radius 2 is 1.60 bits per heavy atom. The number of rotatable bonds is 10. The molecule has 0 radical (unpaired) electrons. The summed E-state index contributed by atoms with van der Waals surface area (Å²) in [7, 11) is 3.22. The summed E-state index contributed by atoms with van der Waals surface area (Å²) in [4.78, 5) is 25.5. The first-order valence-corrected chi connectivity index (χ1v) is 17.9. The quantitative estimate of drug-likeness (QED) is 0.252. The highest BCUT2D eigenvalue weighted by Gasteiger charge is 2.28. The fourth-order valence-electron chi connectivity index (χ4n) is 6.47. The third kappa shape index (κ3) is 7.03. The van der Waals surface area contributed by atoms with Crippen molar-refractivity contribution in [1.29, 1.82) is 0 Å². The van der Waals surface area contributed by atoms with E-state index in [1.165, 1.54) is 24.7 Å². The van der Waals surface area contributed by atoms with Gasteiger partial charge in [0, 0.05) is 76.5 Å². The monoisotopic (exact) mass is 676 g/mol. The highest BCUT2D eigenvalue weighted by molar-refractivity contribution is 7.92. The first-order valence-electron chi connectivity index (χ1n) is 16.0. The van der Waals surface area contributed by atoms with E-state index < -0.39 is 10.0 Å². The molecule has 2 aromatic carbocycles. The van der Waals surface area contributed by atoms with E-state index in [9.17, 15) is 8.42 Å². The number of nitrogens with zero attached hydrogens (tertiary/aromatic N) is 8. The van der Waals surface area contributed by atoms with E-state index in [-0.39, 0.29) is 0 Å². The Morgan fingerprint density at radius 3 is 2.29 bits per heavy atom. The highest BCUT2D eigenvalue weighted by Crippen LogP contribution is 2.39. The molecule has 0 spiro atoms. The molecule has 0 bridgehead atoms. The highest BCUT2D eigenvalue weighted by atomic mass is 32.2. The minimum absolute atomic E-state index is 0.301. The summed E-state index contributed by atoms with van der Waals surface area (Å²) in [6, 6.07) is 8.28. The number of hydrogen-bond acceptors (Lipinski definition) is 13. The molecule has 256 valence electrons. The molecule has 0 aliphatic carbocycles. The van der Waals surface area contributed by atoms with Gasteiger partial charge in [0.05, 0.1) is 43.6 Å². The van der Waals surface area contributed by atoms with Crippen LogP contribution >= 0.6 is 0 Å². The molecule has 6 rings (SSSR count). The third-order valence-corrected chi connectivity index (χ3v) is 10.5. The van der Waals surface area contributed by atoms with Gasteiger partial charge in [-0.2, -0.15) is 4.98 Å². The molecule has 0 saturated carbocycles. The number of nitrogens with one attached hydrogen (secondary N) is 2. The largest absolute Gasteiger partial charge is 0.494 e. The normalized spacial score (nSPS) is 16.6. The lowest BCUT2D eigenvalue weighted by molar-refractivity contribution is 0.0982. The summed E-state index contributed by atoms with van der Waals surface area (Å²) in [5.74, 6) is 1.68. The Bertz CT molecular complexity index is 1880. The van der Waals surface area contributed by atoms with Crippen LogP contribution in [0, 0.1) is 6.92 Å². The van der Waals surface area contributed by atoms with E-state index in [1.54, 1.807) is 31.6 Å². The molecule has 48 heavy (non-hydrogen) atoms. The van der Waals surface area contributed by atoms with Crippen LogP contribution in [0.15, 0.2) is 42.9 Å². The number of fused-ring (bicyclic) bond motifs is 1. The first-order chi connectivity index (χ1) is 23.0. The minimum atomic E-state index is -3.63. The standard InChI is InChI=1S/C33H44N10O4S/c1-22-19-26(28(46-4)20-27(22)43-13-9-23(10-14-43)42-17-15-40(2)16-18-42)38-33-36-21-29(47-5)32(39-33)37-25-8-7-24-30(35-12-11-34-24)31(25)41(3)48(6,44)45/h7-8,11-12,19-21,23H,9-10,13-18H2,1-6H3,(H2,36,37,38,39). The molecule has 2 saturated heterocycles. The third-order valence-electron chi connectivity index (χ3n) is 9.28. The maximum Gasteiger partial charge on any atom is 0.232 e. The van der Waals surface area contributed by atoms with Gasteiger partial charge >= 0.3 is 0 Å². The van der Waals surface area contributed by atoms with Crippen LogP contribution < -0.4 is 29.3 Å². The molecule has 2 aromatic heterocycles. The van der Waals surface area contributed by atoms with Gasteiger partial charge in [0.25, 0.3) is 0 Å². The van der Waals surface area contributed by atoms with E-state index in [0.717, 1.165) is 75.3 Å². The number of anilines is 6. The van der Waals surface area contributed by atoms with Crippen molar-refractivity contribution in [3.05, 3.63) is 48.4 Å². The molecule has 15 heteroatoms. The lowest BCUT2D eigenvalue weighted by atomic mass is 10.0. The van der Waals surface area contributed by atoms with Crippen molar-refractivity contribution in [2.45, 2.75) is 25.8 Å². The van der Waals surface area contributed by atoms with Crippen LogP contribution in [0.2, 0.25) is 0 Å². The number of aromatic nitrogens is 4. The van der Waals surface area contributed by atoms with E-state index in [4.69, 9.17) is 14.5 Å². The number of ether oxygens (including phenoxy) is 2. The fourth-order valence-corrected chi connectivity index (χ4v) is 6.99. The molecule has 14 nitrogen and oxygen atoms in total. The molecule has 2 aliphatic heterocycles. The van der Waals surface area contributed by atoms with Gasteiger partial charge in [0.15, 0.2) is 11.6 Å². The molecular weight excluding hydrogens is 632 g/mol. The van der Waals surface area contributed by atoms with Crippen molar-refractivity contribution >= 4 is 55.6 Å². The van der Waals surface area contributed by atoms with Gasteiger partial charge in [-0.3, -0.25) is 19.2 Å². The van der Waals surface area contributed by atoms with Gasteiger partial charge in [-0.25, -0.2) is 13.4 Å². The molecule has 0 amide bonds. The SMILES string of the molecule is COc1cc(N2CCC(N3CCN(C)CC3)CC2)c(C)cc1Nc1ncc(OC)c(Nc2ccc3nccnc3c2N(C)S(C)(=O)=O)n1. The summed E-state index contributed by atoms with van der Waals surface area (Å²) in [5, 5.41) is 6.57. The van der Waals surface area contributed by atoms with Crippen molar-refractivity contribution in [3.8, 4) is 11.5 Å². The molecular formula is C33H44N10O4S.